The number of carboxylic acid groups (broad SMARTS) is 1. The van der Waals surface area contributed by atoms with Crippen LogP contribution in [0.5, 0.6) is 0 Å². The van der Waals surface area contributed by atoms with Gasteiger partial charge < -0.3 is 5.11 Å². The molecule has 0 spiro atoms. The van der Waals surface area contributed by atoms with E-state index in [9.17, 15) is 4.79 Å². The van der Waals surface area contributed by atoms with E-state index in [2.05, 4.69) is 44.0 Å². The zero-order valence-corrected chi connectivity index (χ0v) is 13.1. The summed E-state index contributed by atoms with van der Waals surface area (Å²) in [7, 11) is 4.02. The molecule has 0 aliphatic heterocycles. The molecule has 0 atom stereocenters. The third kappa shape index (κ3) is 3.03. The summed E-state index contributed by atoms with van der Waals surface area (Å²) in [4.78, 5) is 13.1. The average molecular weight is 279 g/mol. The lowest BCUT2D eigenvalue weighted by atomic mass is 9.79. The van der Waals surface area contributed by atoms with Crippen LogP contribution >= 0.6 is 0 Å². The fourth-order valence-corrected chi connectivity index (χ4v) is 2.83. The Morgan fingerprint density at radius 1 is 1.50 bits per heavy atom. The normalized spacial score (nSPS) is 22.9. The fraction of sp³-hybridized carbons (Fsp3) is 0.733. The van der Waals surface area contributed by atoms with E-state index in [1.165, 1.54) is 5.56 Å². The molecule has 5 nitrogen and oxygen atoms in total. The molecule has 1 aliphatic carbocycles. The molecular formula is C15H25N3O2. The molecule has 0 saturated heterocycles. The highest BCUT2D eigenvalue weighted by Crippen LogP contribution is 2.33. The number of nitrogens with zero attached hydrogens (tertiary/aromatic N) is 3. The summed E-state index contributed by atoms with van der Waals surface area (Å²) < 4.78 is 1.87. The Hall–Kier alpha value is -1.36. The highest BCUT2D eigenvalue weighted by atomic mass is 16.4. The lowest BCUT2D eigenvalue weighted by Gasteiger charge is -2.39. The summed E-state index contributed by atoms with van der Waals surface area (Å²) >= 11 is 0. The molecule has 1 aliphatic rings. The molecule has 0 aromatic carbocycles. The van der Waals surface area contributed by atoms with Crippen molar-refractivity contribution in [1.82, 2.24) is 14.7 Å². The van der Waals surface area contributed by atoms with Crippen molar-refractivity contribution in [3.8, 4) is 0 Å². The SMILES string of the molecule is CN(Cc1cn(C)nc1C(C)(C)C)C1CC(C(=O)O)C1. The van der Waals surface area contributed by atoms with Gasteiger partial charge >= 0.3 is 5.97 Å². The number of rotatable bonds is 4. The molecule has 1 N–H and O–H groups in total. The highest BCUT2D eigenvalue weighted by molar-refractivity contribution is 5.71. The molecule has 1 aromatic heterocycles. The van der Waals surface area contributed by atoms with Crippen molar-refractivity contribution < 1.29 is 9.90 Å². The predicted octanol–water partition coefficient (Wildman–Crippen LogP) is 2.01. The Labute approximate surface area is 120 Å². The van der Waals surface area contributed by atoms with Crippen LogP contribution in [0.1, 0.15) is 44.9 Å². The summed E-state index contributed by atoms with van der Waals surface area (Å²) in [6.45, 7) is 7.34. The number of hydrogen-bond donors (Lipinski definition) is 1. The molecule has 1 heterocycles. The Kier molecular flexibility index (Phi) is 3.91. The van der Waals surface area contributed by atoms with Gasteiger partial charge in [0.1, 0.15) is 0 Å². The van der Waals surface area contributed by atoms with Crippen LogP contribution in [0.15, 0.2) is 6.20 Å². The second kappa shape index (κ2) is 5.20. The van der Waals surface area contributed by atoms with E-state index in [-0.39, 0.29) is 11.3 Å². The molecule has 1 saturated carbocycles. The zero-order chi connectivity index (χ0) is 15.1. The van der Waals surface area contributed by atoms with Gasteiger partial charge in [-0.1, -0.05) is 20.8 Å². The van der Waals surface area contributed by atoms with Gasteiger partial charge in [0, 0.05) is 36.8 Å². The van der Waals surface area contributed by atoms with Crippen molar-refractivity contribution in [2.45, 2.75) is 51.6 Å². The third-order valence-electron chi connectivity index (χ3n) is 4.12. The van der Waals surface area contributed by atoms with Crippen molar-refractivity contribution in [1.29, 1.82) is 0 Å². The van der Waals surface area contributed by atoms with Crippen LogP contribution in [-0.2, 0) is 23.8 Å². The zero-order valence-electron chi connectivity index (χ0n) is 13.1. The van der Waals surface area contributed by atoms with E-state index in [0.717, 1.165) is 25.1 Å². The van der Waals surface area contributed by atoms with Crippen molar-refractivity contribution in [3.63, 3.8) is 0 Å². The lowest BCUT2D eigenvalue weighted by Crippen LogP contribution is -2.45. The van der Waals surface area contributed by atoms with Crippen LogP contribution in [0.3, 0.4) is 0 Å². The number of aryl methyl sites for hydroxylation is 1. The Morgan fingerprint density at radius 3 is 2.60 bits per heavy atom. The van der Waals surface area contributed by atoms with Crippen molar-refractivity contribution in [3.05, 3.63) is 17.5 Å². The minimum atomic E-state index is -0.661. The van der Waals surface area contributed by atoms with Gasteiger partial charge in [0.2, 0.25) is 0 Å². The van der Waals surface area contributed by atoms with E-state index in [4.69, 9.17) is 5.11 Å². The van der Waals surface area contributed by atoms with Gasteiger partial charge in [0.15, 0.2) is 0 Å². The smallest absolute Gasteiger partial charge is 0.306 e. The second-order valence-electron chi connectivity index (χ2n) is 7.00. The average Bonchev–Trinajstić information content (AvgIpc) is 2.55. The standard InChI is InChI=1S/C15H25N3O2/c1-15(2,3)13-11(9-18(5)16-13)8-17(4)12-6-10(7-12)14(19)20/h9-10,12H,6-8H2,1-5H3,(H,19,20). The highest BCUT2D eigenvalue weighted by Gasteiger charge is 2.37. The minimum absolute atomic E-state index is 0.0284. The van der Waals surface area contributed by atoms with Gasteiger partial charge in [-0.15, -0.1) is 0 Å². The quantitative estimate of drug-likeness (QED) is 0.916. The Bertz CT molecular complexity index is 496. The first-order chi connectivity index (χ1) is 9.18. The van der Waals surface area contributed by atoms with Gasteiger partial charge in [-0.25, -0.2) is 0 Å². The van der Waals surface area contributed by atoms with E-state index in [0.29, 0.717) is 6.04 Å². The van der Waals surface area contributed by atoms with E-state index in [1.54, 1.807) is 0 Å². The van der Waals surface area contributed by atoms with Crippen LogP contribution in [-0.4, -0.2) is 38.8 Å². The summed E-state index contributed by atoms with van der Waals surface area (Å²) in [6.07, 6.45) is 3.60. The van der Waals surface area contributed by atoms with Crippen LogP contribution < -0.4 is 0 Å². The Balaban J connectivity index is 2.02. The lowest BCUT2D eigenvalue weighted by molar-refractivity contribution is -0.146. The summed E-state index contributed by atoms with van der Waals surface area (Å²) in [6, 6.07) is 0.379. The fourth-order valence-electron chi connectivity index (χ4n) is 2.83. The van der Waals surface area contributed by atoms with Gasteiger partial charge in [0.25, 0.3) is 0 Å². The first kappa shape index (κ1) is 15.0. The predicted molar refractivity (Wildman–Crippen MR) is 77.5 cm³/mol. The molecule has 0 unspecified atom stereocenters. The van der Waals surface area contributed by atoms with E-state index in [1.807, 2.05) is 11.7 Å². The molecule has 1 fully saturated rings. The first-order valence-corrected chi connectivity index (χ1v) is 7.14. The number of carboxylic acids is 1. The molecule has 0 radical (unpaired) electrons. The molecule has 0 amide bonds. The summed E-state index contributed by atoms with van der Waals surface area (Å²) in [5.74, 6) is -0.815. The molecule has 1 aromatic rings. The summed E-state index contributed by atoms with van der Waals surface area (Å²) in [5.41, 5.74) is 2.39. The van der Waals surface area contributed by atoms with Gasteiger partial charge in [-0.2, -0.15) is 5.10 Å². The molecule has 112 valence electrons. The van der Waals surface area contributed by atoms with Gasteiger partial charge in [-0.05, 0) is 19.9 Å². The van der Waals surface area contributed by atoms with E-state index >= 15 is 0 Å². The maximum atomic E-state index is 10.9. The van der Waals surface area contributed by atoms with Crippen molar-refractivity contribution in [2.75, 3.05) is 7.05 Å². The van der Waals surface area contributed by atoms with Gasteiger partial charge in [0.05, 0.1) is 11.6 Å². The van der Waals surface area contributed by atoms with Crippen LogP contribution in [0.2, 0.25) is 0 Å². The van der Waals surface area contributed by atoms with Crippen molar-refractivity contribution in [2.24, 2.45) is 13.0 Å². The maximum absolute atomic E-state index is 10.9. The first-order valence-electron chi connectivity index (χ1n) is 7.14. The van der Waals surface area contributed by atoms with Crippen LogP contribution in [0.25, 0.3) is 0 Å². The molecule has 2 rings (SSSR count). The topological polar surface area (TPSA) is 58.4 Å². The second-order valence-corrected chi connectivity index (χ2v) is 7.00. The monoisotopic (exact) mass is 279 g/mol. The number of aliphatic carboxylic acids is 1. The molecular weight excluding hydrogens is 254 g/mol. The van der Waals surface area contributed by atoms with Gasteiger partial charge in [-0.3, -0.25) is 14.4 Å². The number of aromatic nitrogens is 2. The number of carbonyl (C=O) groups is 1. The molecule has 20 heavy (non-hydrogen) atoms. The maximum Gasteiger partial charge on any atom is 0.306 e. The number of hydrogen-bond acceptors (Lipinski definition) is 3. The molecule has 0 bridgehead atoms. The molecule has 5 heteroatoms. The van der Waals surface area contributed by atoms with E-state index < -0.39 is 5.97 Å². The Morgan fingerprint density at radius 2 is 2.10 bits per heavy atom. The summed E-state index contributed by atoms with van der Waals surface area (Å²) in [5, 5.41) is 13.5. The van der Waals surface area contributed by atoms with Crippen molar-refractivity contribution >= 4 is 5.97 Å². The third-order valence-corrected chi connectivity index (χ3v) is 4.12. The minimum Gasteiger partial charge on any atom is -0.481 e. The van der Waals surface area contributed by atoms with Crippen LogP contribution in [0.4, 0.5) is 0 Å². The van der Waals surface area contributed by atoms with Crippen LogP contribution in [0, 0.1) is 5.92 Å². The largest absolute Gasteiger partial charge is 0.481 e.